The monoisotopic (exact) mass is 237 g/mol. The van der Waals surface area contributed by atoms with Crippen molar-refractivity contribution in [3.63, 3.8) is 0 Å². The van der Waals surface area contributed by atoms with Crippen LogP contribution in [0.3, 0.4) is 0 Å². The van der Waals surface area contributed by atoms with Gasteiger partial charge in [-0.3, -0.25) is 0 Å². The molecule has 0 fully saturated rings. The molecule has 1 heterocycles. The number of fused-ring (bicyclic) bond motifs is 2. The Morgan fingerprint density at radius 2 is 1.44 bits per heavy atom. The fourth-order valence-corrected chi connectivity index (χ4v) is 2.92. The first-order valence-corrected chi connectivity index (χ1v) is 6.68. The van der Waals surface area contributed by atoms with E-state index in [1.54, 1.807) is 0 Å². The van der Waals surface area contributed by atoms with Gasteiger partial charge in [-0.15, -0.1) is 0 Å². The first-order chi connectivity index (χ1) is 8.77. The lowest BCUT2D eigenvalue weighted by Gasteiger charge is -2.28. The molecule has 1 heteroatoms. The zero-order valence-electron chi connectivity index (χ0n) is 11.0. The Morgan fingerprint density at radius 1 is 0.833 bits per heavy atom. The molecule has 0 aliphatic carbocycles. The van der Waals surface area contributed by atoms with Crippen LogP contribution < -0.4 is 5.32 Å². The molecule has 0 saturated heterocycles. The Balaban J connectivity index is 2.10. The Bertz CT molecular complexity index is 508. The number of benzene rings is 2. The topological polar surface area (TPSA) is 12.0 Å². The summed E-state index contributed by atoms with van der Waals surface area (Å²) in [6.07, 6.45) is 0. The third-order valence-corrected chi connectivity index (χ3v) is 4.22. The fourth-order valence-electron chi connectivity index (χ4n) is 2.92. The SMILES string of the molecule is C[C@@H]1c2ccccc2NCc2ccccc2[C@@H]1C. The van der Waals surface area contributed by atoms with Gasteiger partial charge in [0.2, 0.25) is 0 Å². The maximum Gasteiger partial charge on any atom is 0.0403 e. The van der Waals surface area contributed by atoms with E-state index in [9.17, 15) is 0 Å². The molecule has 0 spiro atoms. The molecule has 0 aromatic heterocycles. The Hall–Kier alpha value is -1.76. The van der Waals surface area contributed by atoms with E-state index < -0.39 is 0 Å². The van der Waals surface area contributed by atoms with Crippen molar-refractivity contribution in [2.75, 3.05) is 5.32 Å². The summed E-state index contributed by atoms with van der Waals surface area (Å²) in [5.41, 5.74) is 5.62. The summed E-state index contributed by atoms with van der Waals surface area (Å²) >= 11 is 0. The number of hydrogen-bond acceptors (Lipinski definition) is 1. The van der Waals surface area contributed by atoms with E-state index in [1.165, 1.54) is 22.4 Å². The maximum absolute atomic E-state index is 3.57. The molecule has 18 heavy (non-hydrogen) atoms. The molecule has 0 radical (unpaired) electrons. The number of anilines is 1. The molecule has 2 atom stereocenters. The van der Waals surface area contributed by atoms with Crippen LogP contribution in [0.1, 0.15) is 42.4 Å². The third-order valence-electron chi connectivity index (χ3n) is 4.22. The van der Waals surface area contributed by atoms with Crippen molar-refractivity contribution < 1.29 is 0 Å². The summed E-state index contributed by atoms with van der Waals surface area (Å²) in [7, 11) is 0. The second-order valence-electron chi connectivity index (χ2n) is 5.22. The van der Waals surface area contributed by atoms with Gasteiger partial charge in [-0.2, -0.15) is 0 Å². The molecule has 92 valence electrons. The molecule has 2 aromatic rings. The number of nitrogens with one attached hydrogen (secondary N) is 1. The number of para-hydroxylation sites is 1. The highest BCUT2D eigenvalue weighted by Crippen LogP contribution is 2.39. The van der Waals surface area contributed by atoms with Gasteiger partial charge in [0.25, 0.3) is 0 Å². The maximum atomic E-state index is 3.57. The molecular weight excluding hydrogens is 218 g/mol. The first-order valence-electron chi connectivity index (χ1n) is 6.68. The van der Waals surface area contributed by atoms with E-state index in [0.717, 1.165) is 6.54 Å². The standard InChI is InChI=1S/C17H19N/c1-12-13(2)16-9-5-6-10-17(16)18-11-14-7-3-4-8-15(12)14/h3-10,12-13,18H,11H2,1-2H3/t12-,13+/m1/s1. The second-order valence-corrected chi connectivity index (χ2v) is 5.22. The lowest BCUT2D eigenvalue weighted by molar-refractivity contribution is 0.615. The van der Waals surface area contributed by atoms with Gasteiger partial charge >= 0.3 is 0 Å². The van der Waals surface area contributed by atoms with Gasteiger partial charge in [-0.25, -0.2) is 0 Å². The third kappa shape index (κ3) is 1.80. The second kappa shape index (κ2) is 4.49. The minimum Gasteiger partial charge on any atom is -0.381 e. The fraction of sp³-hybridized carbons (Fsp3) is 0.294. The van der Waals surface area contributed by atoms with Gasteiger partial charge in [0, 0.05) is 12.2 Å². The van der Waals surface area contributed by atoms with E-state index in [0.29, 0.717) is 11.8 Å². The summed E-state index contributed by atoms with van der Waals surface area (Å²) in [6, 6.07) is 17.5. The molecular formula is C17H19N. The van der Waals surface area contributed by atoms with Crippen LogP contribution >= 0.6 is 0 Å². The van der Waals surface area contributed by atoms with Crippen LogP contribution in [-0.2, 0) is 6.54 Å². The Labute approximate surface area is 109 Å². The van der Waals surface area contributed by atoms with Crippen LogP contribution in [0.5, 0.6) is 0 Å². The van der Waals surface area contributed by atoms with Crippen LogP contribution in [-0.4, -0.2) is 0 Å². The van der Waals surface area contributed by atoms with Crippen molar-refractivity contribution in [2.24, 2.45) is 0 Å². The zero-order valence-corrected chi connectivity index (χ0v) is 11.0. The molecule has 1 nitrogen and oxygen atoms in total. The van der Waals surface area contributed by atoms with Crippen molar-refractivity contribution in [1.29, 1.82) is 0 Å². The van der Waals surface area contributed by atoms with Gasteiger partial charge < -0.3 is 5.32 Å². The number of hydrogen-bond donors (Lipinski definition) is 1. The van der Waals surface area contributed by atoms with Gasteiger partial charge in [0.15, 0.2) is 0 Å². The summed E-state index contributed by atoms with van der Waals surface area (Å²) in [6.45, 7) is 5.59. The summed E-state index contributed by atoms with van der Waals surface area (Å²) in [5.74, 6) is 1.10. The van der Waals surface area contributed by atoms with Crippen molar-refractivity contribution in [2.45, 2.75) is 32.2 Å². The lowest BCUT2D eigenvalue weighted by atomic mass is 9.80. The van der Waals surface area contributed by atoms with Crippen molar-refractivity contribution >= 4 is 5.69 Å². The smallest absolute Gasteiger partial charge is 0.0403 e. The molecule has 0 amide bonds. The molecule has 1 aliphatic heterocycles. The zero-order chi connectivity index (χ0) is 12.5. The lowest BCUT2D eigenvalue weighted by Crippen LogP contribution is -2.15. The van der Waals surface area contributed by atoms with Gasteiger partial charge in [-0.1, -0.05) is 56.3 Å². The molecule has 1 aliphatic rings. The first kappa shape index (κ1) is 11.3. The Morgan fingerprint density at radius 3 is 2.28 bits per heavy atom. The summed E-state index contributed by atoms with van der Waals surface area (Å²) in [4.78, 5) is 0. The summed E-state index contributed by atoms with van der Waals surface area (Å²) in [5, 5.41) is 3.57. The van der Waals surface area contributed by atoms with Crippen LogP contribution in [0.25, 0.3) is 0 Å². The molecule has 0 saturated carbocycles. The van der Waals surface area contributed by atoms with E-state index in [1.807, 2.05) is 0 Å². The molecule has 0 bridgehead atoms. The van der Waals surface area contributed by atoms with Crippen LogP contribution in [0.2, 0.25) is 0 Å². The largest absolute Gasteiger partial charge is 0.381 e. The predicted octanol–water partition coefficient (Wildman–Crippen LogP) is 4.52. The highest BCUT2D eigenvalue weighted by molar-refractivity contribution is 5.55. The van der Waals surface area contributed by atoms with Gasteiger partial charge in [0.1, 0.15) is 0 Å². The predicted molar refractivity (Wildman–Crippen MR) is 77.0 cm³/mol. The molecule has 2 aromatic carbocycles. The quantitative estimate of drug-likeness (QED) is 0.710. The number of rotatable bonds is 0. The van der Waals surface area contributed by atoms with E-state index in [-0.39, 0.29) is 0 Å². The van der Waals surface area contributed by atoms with Crippen molar-refractivity contribution in [3.8, 4) is 0 Å². The van der Waals surface area contributed by atoms with E-state index >= 15 is 0 Å². The highest BCUT2D eigenvalue weighted by Gasteiger charge is 2.22. The molecule has 1 N–H and O–H groups in total. The molecule has 3 rings (SSSR count). The van der Waals surface area contributed by atoms with Gasteiger partial charge in [-0.05, 0) is 34.6 Å². The summed E-state index contributed by atoms with van der Waals surface area (Å²) < 4.78 is 0. The highest BCUT2D eigenvalue weighted by atomic mass is 14.9. The van der Waals surface area contributed by atoms with Crippen LogP contribution in [0.4, 0.5) is 5.69 Å². The Kier molecular flexibility index (Phi) is 2.83. The minimum atomic E-state index is 0.537. The van der Waals surface area contributed by atoms with E-state index in [4.69, 9.17) is 0 Å². The van der Waals surface area contributed by atoms with Crippen molar-refractivity contribution in [1.82, 2.24) is 0 Å². The average Bonchev–Trinajstić information content (AvgIpc) is 2.43. The average molecular weight is 237 g/mol. The normalized spacial score (nSPS) is 22.1. The van der Waals surface area contributed by atoms with Crippen molar-refractivity contribution in [3.05, 3.63) is 65.2 Å². The molecule has 0 unspecified atom stereocenters. The van der Waals surface area contributed by atoms with Crippen LogP contribution in [0, 0.1) is 0 Å². The minimum absolute atomic E-state index is 0.537. The van der Waals surface area contributed by atoms with Gasteiger partial charge in [0.05, 0.1) is 0 Å². The van der Waals surface area contributed by atoms with E-state index in [2.05, 4.69) is 67.7 Å². The van der Waals surface area contributed by atoms with Crippen LogP contribution in [0.15, 0.2) is 48.5 Å².